The number of hydrogen-bond donors (Lipinski definition) is 0. The molecule has 1 unspecified atom stereocenters. The van der Waals surface area contributed by atoms with Crippen LogP contribution in [-0.2, 0) is 0 Å². The summed E-state index contributed by atoms with van der Waals surface area (Å²) in [6, 6.07) is 54.4. The van der Waals surface area contributed by atoms with E-state index in [0.29, 0.717) is 46.4 Å². The van der Waals surface area contributed by atoms with Crippen molar-refractivity contribution in [3.8, 4) is 85.3 Å². The second-order valence-corrected chi connectivity index (χ2v) is 13.9. The average Bonchev–Trinajstić information content (AvgIpc) is 3.29. The van der Waals surface area contributed by atoms with Gasteiger partial charge in [-0.3, -0.25) is 0 Å². The quantitative estimate of drug-likeness (QED) is 0.153. The van der Waals surface area contributed by atoms with Gasteiger partial charge < -0.3 is 0 Å². The highest BCUT2D eigenvalue weighted by atomic mass is 15.0. The molecule has 6 aromatic carbocycles. The molecule has 0 amide bonds. The first-order chi connectivity index (χ1) is 28.1. The fourth-order valence-electron chi connectivity index (χ4n) is 7.04. The van der Waals surface area contributed by atoms with Crippen molar-refractivity contribution in [1.29, 1.82) is 5.26 Å². The number of nitrogens with zero attached hydrogens (tertiary/aromatic N) is 7. The lowest BCUT2D eigenvalue weighted by Crippen LogP contribution is -2.05. The molecule has 7 heteroatoms. The molecule has 0 fully saturated rings. The van der Waals surface area contributed by atoms with Crippen molar-refractivity contribution in [3.63, 3.8) is 0 Å². The van der Waals surface area contributed by atoms with Crippen LogP contribution in [0.5, 0.6) is 0 Å². The van der Waals surface area contributed by atoms with Gasteiger partial charge in [0.1, 0.15) is 0 Å². The standard InChI is InChI=1S/C50H35N7/c1-33-25-27-37(28-26-33)48-53-47(36-19-9-4-10-20-36)56-50(57-48)43-30-29-38(31-44(43)41-23-12-11-21-39(41)32-51)40-22-13-14-24-42(40)49-54-45(34-15-5-2-6-16-34)52-46(55-49)35-17-7-3-8-18-35/h2-25,27-31,33H,26H2,1H3. The Kier molecular flexibility index (Phi) is 9.58. The van der Waals surface area contributed by atoms with Crippen molar-refractivity contribution in [2.75, 3.05) is 0 Å². The Morgan fingerprint density at radius 2 is 0.895 bits per heavy atom. The van der Waals surface area contributed by atoms with Crippen LogP contribution in [-0.4, -0.2) is 29.9 Å². The maximum atomic E-state index is 10.4. The average molecular weight is 734 g/mol. The minimum atomic E-state index is 0.445. The van der Waals surface area contributed by atoms with Crippen LogP contribution in [0, 0.1) is 17.2 Å². The van der Waals surface area contributed by atoms with Gasteiger partial charge in [0.15, 0.2) is 34.9 Å². The third-order valence-corrected chi connectivity index (χ3v) is 10.0. The zero-order valence-corrected chi connectivity index (χ0v) is 31.2. The van der Waals surface area contributed by atoms with E-state index in [-0.39, 0.29) is 0 Å². The van der Waals surface area contributed by atoms with Crippen LogP contribution in [0.15, 0.2) is 176 Å². The monoisotopic (exact) mass is 733 g/mol. The Morgan fingerprint density at radius 3 is 1.44 bits per heavy atom. The number of nitriles is 1. The van der Waals surface area contributed by atoms with Gasteiger partial charge in [-0.2, -0.15) is 5.26 Å². The molecular weight excluding hydrogens is 699 g/mol. The fourth-order valence-corrected chi connectivity index (χ4v) is 7.04. The molecule has 1 aliphatic rings. The van der Waals surface area contributed by atoms with Crippen molar-refractivity contribution >= 4 is 5.57 Å². The van der Waals surface area contributed by atoms with Crippen molar-refractivity contribution in [3.05, 3.63) is 187 Å². The molecular formula is C50H35N7. The third-order valence-electron chi connectivity index (χ3n) is 10.0. The zero-order chi connectivity index (χ0) is 38.6. The largest absolute Gasteiger partial charge is 0.208 e. The van der Waals surface area contributed by atoms with E-state index in [0.717, 1.165) is 62.1 Å². The molecule has 1 aliphatic carbocycles. The Bertz CT molecular complexity index is 2780. The molecule has 270 valence electrons. The molecule has 0 radical (unpaired) electrons. The van der Waals surface area contributed by atoms with Crippen LogP contribution >= 0.6 is 0 Å². The first-order valence-corrected chi connectivity index (χ1v) is 18.9. The number of aromatic nitrogens is 6. The predicted octanol–water partition coefficient (Wildman–Crippen LogP) is 11.6. The Balaban J connectivity index is 1.24. The predicted molar refractivity (Wildman–Crippen MR) is 227 cm³/mol. The van der Waals surface area contributed by atoms with Gasteiger partial charge in [0.25, 0.3) is 0 Å². The molecule has 1 atom stereocenters. The van der Waals surface area contributed by atoms with Crippen molar-refractivity contribution in [1.82, 2.24) is 29.9 Å². The molecule has 9 rings (SSSR count). The molecule has 0 aliphatic heterocycles. The molecule has 7 nitrogen and oxygen atoms in total. The van der Waals surface area contributed by atoms with Crippen molar-refractivity contribution < 1.29 is 0 Å². The summed E-state index contributed by atoms with van der Waals surface area (Å²) in [5, 5.41) is 10.4. The summed E-state index contributed by atoms with van der Waals surface area (Å²) in [6.07, 6.45) is 7.39. The van der Waals surface area contributed by atoms with Gasteiger partial charge in [0.05, 0.1) is 11.6 Å². The summed E-state index contributed by atoms with van der Waals surface area (Å²) in [5.74, 6) is 3.88. The molecule has 57 heavy (non-hydrogen) atoms. The van der Waals surface area contributed by atoms with Crippen molar-refractivity contribution in [2.45, 2.75) is 13.3 Å². The molecule has 0 bridgehead atoms. The molecule has 0 N–H and O–H groups in total. The lowest BCUT2D eigenvalue weighted by molar-refractivity contribution is 0.738. The van der Waals surface area contributed by atoms with E-state index in [4.69, 9.17) is 29.9 Å². The van der Waals surface area contributed by atoms with E-state index in [1.807, 2.05) is 133 Å². The van der Waals surface area contributed by atoms with Crippen LogP contribution in [0.3, 0.4) is 0 Å². The minimum absolute atomic E-state index is 0.445. The van der Waals surface area contributed by atoms with Gasteiger partial charge in [0, 0.05) is 39.0 Å². The van der Waals surface area contributed by atoms with E-state index in [2.05, 4.69) is 55.5 Å². The fraction of sp³-hybridized carbons (Fsp3) is 0.0600. The van der Waals surface area contributed by atoms with E-state index in [1.165, 1.54) is 0 Å². The second kappa shape index (κ2) is 15.6. The number of hydrogen-bond acceptors (Lipinski definition) is 7. The molecule has 0 spiro atoms. The highest BCUT2D eigenvalue weighted by Crippen LogP contribution is 2.40. The van der Waals surface area contributed by atoms with Crippen LogP contribution in [0.25, 0.3) is 84.8 Å². The minimum Gasteiger partial charge on any atom is -0.208 e. The van der Waals surface area contributed by atoms with E-state index in [9.17, 15) is 5.26 Å². The topological polar surface area (TPSA) is 101 Å². The van der Waals surface area contributed by atoms with Gasteiger partial charge in [-0.1, -0.05) is 165 Å². The lowest BCUT2D eigenvalue weighted by atomic mass is 9.90. The van der Waals surface area contributed by atoms with Gasteiger partial charge in [-0.25, -0.2) is 29.9 Å². The Morgan fingerprint density at radius 1 is 0.439 bits per heavy atom. The third kappa shape index (κ3) is 7.28. The normalized spacial score (nSPS) is 13.5. The van der Waals surface area contributed by atoms with E-state index >= 15 is 0 Å². The smallest absolute Gasteiger partial charge is 0.164 e. The SMILES string of the molecule is CC1C=CC(c2nc(-c3ccccc3)nc(-c3ccc(-c4ccccc4-c4nc(-c5ccccc5)nc(-c5ccccc5)n4)cc3-c3ccccc3C#N)n2)=CC1. The summed E-state index contributed by atoms with van der Waals surface area (Å²) in [7, 11) is 0. The Labute approximate surface area is 331 Å². The molecule has 2 aromatic heterocycles. The number of benzene rings is 6. The molecule has 2 heterocycles. The first-order valence-electron chi connectivity index (χ1n) is 18.9. The lowest BCUT2D eigenvalue weighted by Gasteiger charge is -2.17. The summed E-state index contributed by atoms with van der Waals surface area (Å²) in [6.45, 7) is 2.20. The van der Waals surface area contributed by atoms with Gasteiger partial charge in [-0.05, 0) is 47.2 Å². The van der Waals surface area contributed by atoms with Gasteiger partial charge in [-0.15, -0.1) is 0 Å². The summed E-state index contributed by atoms with van der Waals surface area (Å²) in [4.78, 5) is 30.2. The van der Waals surface area contributed by atoms with Gasteiger partial charge >= 0.3 is 0 Å². The van der Waals surface area contributed by atoms with E-state index < -0.39 is 0 Å². The molecule has 8 aromatic rings. The zero-order valence-electron chi connectivity index (χ0n) is 31.2. The van der Waals surface area contributed by atoms with Crippen molar-refractivity contribution in [2.24, 2.45) is 5.92 Å². The van der Waals surface area contributed by atoms with Crippen LogP contribution in [0.4, 0.5) is 0 Å². The highest BCUT2D eigenvalue weighted by Gasteiger charge is 2.21. The van der Waals surface area contributed by atoms with E-state index in [1.54, 1.807) is 0 Å². The number of allylic oxidation sites excluding steroid dienone is 4. The second-order valence-electron chi connectivity index (χ2n) is 13.9. The number of rotatable bonds is 8. The van der Waals surface area contributed by atoms with Crippen LogP contribution < -0.4 is 0 Å². The Hall–Kier alpha value is -7.69. The molecule has 0 saturated heterocycles. The summed E-state index contributed by atoms with van der Waals surface area (Å²) < 4.78 is 0. The maximum absolute atomic E-state index is 10.4. The van der Waals surface area contributed by atoms with Gasteiger partial charge in [0.2, 0.25) is 0 Å². The molecule has 0 saturated carbocycles. The summed E-state index contributed by atoms with van der Waals surface area (Å²) >= 11 is 0. The van der Waals surface area contributed by atoms with Crippen LogP contribution in [0.2, 0.25) is 0 Å². The summed E-state index contributed by atoms with van der Waals surface area (Å²) in [5.41, 5.74) is 9.28. The first kappa shape index (κ1) is 35.0. The maximum Gasteiger partial charge on any atom is 0.164 e. The highest BCUT2D eigenvalue weighted by molar-refractivity contribution is 5.91. The van der Waals surface area contributed by atoms with Crippen LogP contribution in [0.1, 0.15) is 24.7 Å².